The lowest BCUT2D eigenvalue weighted by atomic mass is 10.0. The maximum Gasteiger partial charge on any atom is 0.0534 e. The highest BCUT2D eigenvalue weighted by Crippen LogP contribution is 2.37. The molecule has 0 aliphatic rings. The smallest absolute Gasteiger partial charge is 0.0534 e. The molecule has 0 unspecified atom stereocenters. The molecule has 0 N–H and O–H groups in total. The van der Waals surface area contributed by atoms with E-state index in [0.717, 1.165) is 29.9 Å². The summed E-state index contributed by atoms with van der Waals surface area (Å²) in [6.07, 6.45) is 15.1. The fourth-order valence-corrected chi connectivity index (χ4v) is 4.03. The van der Waals surface area contributed by atoms with Gasteiger partial charge in [0.05, 0.1) is 5.69 Å². The molecule has 0 saturated carbocycles. The van der Waals surface area contributed by atoms with Gasteiger partial charge in [-0.25, -0.2) is 0 Å². The number of benzene rings is 4. The second kappa shape index (κ2) is 12.4. The number of rotatable bonds is 9. The fraction of sp³-hybridized carbons (Fsp3) is 0.118. The van der Waals surface area contributed by atoms with Crippen LogP contribution < -0.4 is 4.90 Å². The lowest BCUT2D eigenvalue weighted by Gasteiger charge is -2.27. The maximum atomic E-state index is 2.32. The Bertz CT molecular complexity index is 1240. The molecule has 0 fully saturated rings. The van der Waals surface area contributed by atoms with Crippen molar-refractivity contribution < 1.29 is 0 Å². The van der Waals surface area contributed by atoms with Crippen molar-refractivity contribution in [2.75, 3.05) is 4.90 Å². The Morgan fingerprint density at radius 1 is 0.600 bits per heavy atom. The van der Waals surface area contributed by atoms with Gasteiger partial charge in [-0.05, 0) is 71.5 Å². The average Bonchev–Trinajstić information content (AvgIpc) is 2.92. The molecule has 35 heavy (non-hydrogen) atoms. The number of para-hydroxylation sites is 2. The van der Waals surface area contributed by atoms with Crippen LogP contribution in [-0.4, -0.2) is 0 Å². The van der Waals surface area contributed by atoms with Crippen LogP contribution in [0, 0.1) is 0 Å². The first kappa shape index (κ1) is 24.0. The van der Waals surface area contributed by atoms with E-state index in [1.165, 1.54) is 22.3 Å². The third kappa shape index (κ3) is 6.49. The van der Waals surface area contributed by atoms with Gasteiger partial charge in [0.1, 0.15) is 0 Å². The van der Waals surface area contributed by atoms with Gasteiger partial charge < -0.3 is 4.90 Å². The monoisotopic (exact) mass is 455 g/mol. The van der Waals surface area contributed by atoms with E-state index in [2.05, 4.69) is 158 Å². The van der Waals surface area contributed by atoms with E-state index in [4.69, 9.17) is 0 Å². The molecule has 0 heterocycles. The van der Waals surface area contributed by atoms with Crippen LogP contribution in [0.3, 0.4) is 0 Å². The van der Waals surface area contributed by atoms with Crippen molar-refractivity contribution >= 4 is 35.3 Å². The van der Waals surface area contributed by atoms with E-state index >= 15 is 0 Å². The van der Waals surface area contributed by atoms with Gasteiger partial charge in [0, 0.05) is 11.4 Å². The van der Waals surface area contributed by atoms with Crippen LogP contribution in [0.4, 0.5) is 17.1 Å². The fourth-order valence-electron chi connectivity index (χ4n) is 4.03. The summed E-state index contributed by atoms with van der Waals surface area (Å²) in [6.45, 7) is 4.34. The normalized spacial score (nSPS) is 11.6. The summed E-state index contributed by atoms with van der Waals surface area (Å²) in [5.74, 6) is 0. The summed E-state index contributed by atoms with van der Waals surface area (Å²) < 4.78 is 0. The van der Waals surface area contributed by atoms with Gasteiger partial charge in [-0.1, -0.05) is 117 Å². The Hall–Kier alpha value is -4.10. The van der Waals surface area contributed by atoms with Crippen molar-refractivity contribution in [1.82, 2.24) is 0 Å². The van der Waals surface area contributed by atoms with Crippen LogP contribution in [0.1, 0.15) is 42.5 Å². The first-order valence-corrected chi connectivity index (χ1v) is 12.4. The van der Waals surface area contributed by atoms with Gasteiger partial charge in [-0.15, -0.1) is 0 Å². The Balaban J connectivity index is 1.76. The minimum Gasteiger partial charge on any atom is -0.310 e. The third-order valence-electron chi connectivity index (χ3n) is 5.94. The Kier molecular flexibility index (Phi) is 8.51. The predicted octanol–water partition coefficient (Wildman–Crippen LogP) is 9.87. The summed E-state index contributed by atoms with van der Waals surface area (Å²) >= 11 is 0. The van der Waals surface area contributed by atoms with Crippen LogP contribution in [0.25, 0.3) is 18.2 Å². The summed E-state index contributed by atoms with van der Waals surface area (Å²) in [5, 5.41) is 0. The summed E-state index contributed by atoms with van der Waals surface area (Å²) in [5.41, 5.74) is 8.34. The van der Waals surface area contributed by atoms with Crippen molar-refractivity contribution in [3.05, 3.63) is 144 Å². The topological polar surface area (TPSA) is 3.24 Å². The summed E-state index contributed by atoms with van der Waals surface area (Å²) in [4.78, 5) is 2.32. The molecule has 0 bridgehead atoms. The van der Waals surface area contributed by atoms with Crippen LogP contribution in [0.2, 0.25) is 0 Å². The predicted molar refractivity (Wildman–Crippen MR) is 154 cm³/mol. The molecule has 4 aromatic rings. The molecule has 0 saturated heterocycles. The molecule has 1 heteroatoms. The van der Waals surface area contributed by atoms with Crippen molar-refractivity contribution in [3.63, 3.8) is 0 Å². The van der Waals surface area contributed by atoms with E-state index < -0.39 is 0 Å². The highest BCUT2D eigenvalue weighted by molar-refractivity contribution is 5.84. The van der Waals surface area contributed by atoms with Crippen molar-refractivity contribution in [3.8, 4) is 0 Å². The van der Waals surface area contributed by atoms with Gasteiger partial charge in [0.2, 0.25) is 0 Å². The molecule has 0 aliphatic carbocycles. The Morgan fingerprint density at radius 3 is 1.80 bits per heavy atom. The van der Waals surface area contributed by atoms with Crippen molar-refractivity contribution in [2.45, 2.75) is 26.7 Å². The van der Waals surface area contributed by atoms with E-state index in [0.29, 0.717) is 0 Å². The second-order valence-electron chi connectivity index (χ2n) is 8.45. The van der Waals surface area contributed by atoms with Gasteiger partial charge in [0.15, 0.2) is 0 Å². The number of allylic oxidation sites excluding steroid dienone is 3. The van der Waals surface area contributed by atoms with E-state index in [9.17, 15) is 0 Å². The molecule has 174 valence electrons. The van der Waals surface area contributed by atoms with Crippen molar-refractivity contribution in [2.24, 2.45) is 0 Å². The molecule has 0 amide bonds. The minimum atomic E-state index is 1.02. The molecule has 4 aromatic carbocycles. The van der Waals surface area contributed by atoms with Gasteiger partial charge in [-0.2, -0.15) is 0 Å². The van der Waals surface area contributed by atoms with E-state index in [1.807, 2.05) is 0 Å². The van der Waals surface area contributed by atoms with Crippen molar-refractivity contribution in [1.29, 1.82) is 0 Å². The standard InChI is InChI=1S/C34H33N/c1-3-5-6-9-14-31-27-30(24-23-29-21-19-28(4-2)20-22-29)25-26-34(31)35(32-15-10-7-11-16-32)33-17-12-8-13-18-33/h5-27H,3-4H2,1-2H3/b6-5-,14-9-,24-23?. The van der Waals surface area contributed by atoms with E-state index in [1.54, 1.807) is 0 Å². The molecule has 1 nitrogen and oxygen atoms in total. The molecular formula is C34H33N. The number of hydrogen-bond acceptors (Lipinski definition) is 1. The molecular weight excluding hydrogens is 422 g/mol. The maximum absolute atomic E-state index is 2.32. The van der Waals surface area contributed by atoms with Crippen LogP contribution in [-0.2, 0) is 6.42 Å². The van der Waals surface area contributed by atoms with Crippen LogP contribution >= 0.6 is 0 Å². The minimum absolute atomic E-state index is 1.02. The first-order valence-electron chi connectivity index (χ1n) is 12.4. The molecule has 0 atom stereocenters. The lowest BCUT2D eigenvalue weighted by molar-refractivity contribution is 1.14. The SMILES string of the molecule is CC/C=C\C=C/c1cc(C=Cc2ccc(CC)cc2)ccc1N(c1ccccc1)c1ccccc1. The van der Waals surface area contributed by atoms with Gasteiger partial charge in [0.25, 0.3) is 0 Å². The molecule has 4 rings (SSSR count). The largest absolute Gasteiger partial charge is 0.310 e. The lowest BCUT2D eigenvalue weighted by Crippen LogP contribution is -2.11. The number of anilines is 3. The third-order valence-corrected chi connectivity index (χ3v) is 5.94. The Labute approximate surface area is 210 Å². The highest BCUT2D eigenvalue weighted by atomic mass is 15.1. The highest BCUT2D eigenvalue weighted by Gasteiger charge is 2.14. The van der Waals surface area contributed by atoms with Crippen LogP contribution in [0.5, 0.6) is 0 Å². The quantitative estimate of drug-likeness (QED) is 0.179. The summed E-state index contributed by atoms with van der Waals surface area (Å²) in [6, 6.07) is 36.6. The van der Waals surface area contributed by atoms with Gasteiger partial charge >= 0.3 is 0 Å². The molecule has 0 radical (unpaired) electrons. The zero-order valence-electron chi connectivity index (χ0n) is 20.6. The zero-order valence-corrected chi connectivity index (χ0v) is 20.6. The number of hydrogen-bond donors (Lipinski definition) is 0. The summed E-state index contributed by atoms with van der Waals surface area (Å²) in [7, 11) is 0. The van der Waals surface area contributed by atoms with Gasteiger partial charge in [-0.3, -0.25) is 0 Å². The Morgan fingerprint density at radius 2 is 1.20 bits per heavy atom. The number of nitrogens with zero attached hydrogens (tertiary/aromatic N) is 1. The second-order valence-corrected chi connectivity index (χ2v) is 8.45. The van der Waals surface area contributed by atoms with E-state index in [-0.39, 0.29) is 0 Å². The van der Waals surface area contributed by atoms with Crippen LogP contribution in [0.15, 0.2) is 121 Å². The molecule has 0 aliphatic heterocycles. The first-order chi connectivity index (χ1) is 17.3. The zero-order chi connectivity index (χ0) is 24.3. The molecule has 0 spiro atoms. The number of aryl methyl sites for hydroxylation is 1. The molecule has 0 aromatic heterocycles. The average molecular weight is 456 g/mol.